The van der Waals surface area contributed by atoms with Gasteiger partial charge in [0, 0.05) is 0 Å². The lowest BCUT2D eigenvalue weighted by molar-refractivity contribution is 0.533. The van der Waals surface area contributed by atoms with E-state index in [1.54, 1.807) is 5.57 Å². The van der Waals surface area contributed by atoms with Gasteiger partial charge in [0.1, 0.15) is 0 Å². The molecular weight excluding hydrogens is 120 g/mol. The van der Waals surface area contributed by atoms with Crippen LogP contribution < -0.4 is 0 Å². The monoisotopic (exact) mass is 136 g/mol. The fraction of sp³-hybridized carbons (Fsp3) is 0.800. The SMILES string of the molecule is CC1=CC2C(CC1)C2(C)C. The van der Waals surface area contributed by atoms with Gasteiger partial charge in [0.15, 0.2) is 0 Å². The van der Waals surface area contributed by atoms with Crippen molar-refractivity contribution in [3.63, 3.8) is 0 Å². The van der Waals surface area contributed by atoms with E-state index in [0.717, 1.165) is 11.8 Å². The Morgan fingerprint density at radius 3 is 2.70 bits per heavy atom. The maximum absolute atomic E-state index is 2.49. The zero-order valence-electron chi connectivity index (χ0n) is 7.15. The number of hydrogen-bond acceptors (Lipinski definition) is 0. The Labute approximate surface area is 63.3 Å². The van der Waals surface area contributed by atoms with Crippen LogP contribution in [0, 0.1) is 17.3 Å². The molecule has 56 valence electrons. The third-order valence-electron chi connectivity index (χ3n) is 3.45. The van der Waals surface area contributed by atoms with Crippen molar-refractivity contribution in [2.24, 2.45) is 17.3 Å². The van der Waals surface area contributed by atoms with Crippen molar-refractivity contribution in [1.29, 1.82) is 0 Å². The summed E-state index contributed by atoms with van der Waals surface area (Å²) in [6.45, 7) is 7.07. The molecule has 0 aromatic rings. The van der Waals surface area contributed by atoms with E-state index >= 15 is 0 Å². The van der Waals surface area contributed by atoms with Crippen molar-refractivity contribution in [1.82, 2.24) is 0 Å². The van der Waals surface area contributed by atoms with Gasteiger partial charge >= 0.3 is 0 Å². The Bertz CT molecular complexity index is 186. The van der Waals surface area contributed by atoms with Gasteiger partial charge in [-0.25, -0.2) is 0 Å². The summed E-state index contributed by atoms with van der Waals surface area (Å²) in [6, 6.07) is 0. The molecule has 0 amide bonds. The van der Waals surface area contributed by atoms with E-state index in [1.807, 2.05) is 0 Å². The number of allylic oxidation sites excluding steroid dienone is 2. The molecule has 1 fully saturated rings. The molecule has 0 spiro atoms. The second-order valence-corrected chi connectivity index (χ2v) is 4.51. The molecule has 2 unspecified atom stereocenters. The van der Waals surface area contributed by atoms with Gasteiger partial charge in [-0.2, -0.15) is 0 Å². The molecule has 0 N–H and O–H groups in total. The molecule has 0 nitrogen and oxygen atoms in total. The summed E-state index contributed by atoms with van der Waals surface area (Å²) in [6.07, 6.45) is 5.29. The third kappa shape index (κ3) is 0.680. The van der Waals surface area contributed by atoms with Gasteiger partial charge in [0.05, 0.1) is 0 Å². The zero-order chi connectivity index (χ0) is 7.35. The first-order chi connectivity index (χ1) is 4.62. The van der Waals surface area contributed by atoms with Gasteiger partial charge in [-0.3, -0.25) is 0 Å². The lowest BCUT2D eigenvalue weighted by Crippen LogP contribution is -1.90. The first-order valence-electron chi connectivity index (χ1n) is 4.29. The van der Waals surface area contributed by atoms with Crippen molar-refractivity contribution in [2.45, 2.75) is 33.6 Å². The van der Waals surface area contributed by atoms with Crippen molar-refractivity contribution < 1.29 is 0 Å². The van der Waals surface area contributed by atoms with Crippen LogP contribution in [0.25, 0.3) is 0 Å². The van der Waals surface area contributed by atoms with Gasteiger partial charge in [0.2, 0.25) is 0 Å². The molecule has 0 aromatic heterocycles. The largest absolute Gasteiger partial charge is 0.0817 e. The highest BCUT2D eigenvalue weighted by molar-refractivity contribution is 5.21. The van der Waals surface area contributed by atoms with Crippen LogP contribution in [-0.4, -0.2) is 0 Å². The normalized spacial score (nSPS) is 42.1. The van der Waals surface area contributed by atoms with Crippen molar-refractivity contribution in [3.05, 3.63) is 11.6 Å². The Morgan fingerprint density at radius 2 is 2.20 bits per heavy atom. The smallest absolute Gasteiger partial charge is 0.0143 e. The summed E-state index contributed by atoms with van der Waals surface area (Å²) in [5.74, 6) is 1.96. The average molecular weight is 136 g/mol. The lowest BCUT2D eigenvalue weighted by Gasteiger charge is -2.05. The van der Waals surface area contributed by atoms with Gasteiger partial charge < -0.3 is 0 Å². The van der Waals surface area contributed by atoms with Crippen molar-refractivity contribution in [3.8, 4) is 0 Å². The molecule has 0 saturated heterocycles. The van der Waals surface area contributed by atoms with Crippen LogP contribution in [0.1, 0.15) is 33.6 Å². The standard InChI is InChI=1S/C10H16/c1-7-4-5-8-9(6-7)10(8,2)3/h6,8-9H,4-5H2,1-3H3. The quantitative estimate of drug-likeness (QED) is 0.449. The topological polar surface area (TPSA) is 0 Å². The van der Waals surface area contributed by atoms with Gasteiger partial charge in [-0.1, -0.05) is 25.5 Å². The maximum atomic E-state index is 2.49. The molecule has 0 heterocycles. The summed E-state index contributed by atoms with van der Waals surface area (Å²) in [7, 11) is 0. The van der Waals surface area contributed by atoms with Crippen LogP contribution in [-0.2, 0) is 0 Å². The molecule has 2 atom stereocenters. The Hall–Kier alpha value is -0.260. The molecule has 1 saturated carbocycles. The molecule has 2 rings (SSSR count). The number of fused-ring (bicyclic) bond motifs is 1. The molecule has 0 aromatic carbocycles. The van der Waals surface area contributed by atoms with Crippen LogP contribution in [0.3, 0.4) is 0 Å². The summed E-state index contributed by atoms with van der Waals surface area (Å²) < 4.78 is 0. The Balaban J connectivity index is 2.20. The summed E-state index contributed by atoms with van der Waals surface area (Å²) >= 11 is 0. The Morgan fingerprint density at radius 1 is 1.50 bits per heavy atom. The third-order valence-corrected chi connectivity index (χ3v) is 3.45. The van der Waals surface area contributed by atoms with Gasteiger partial charge in [-0.15, -0.1) is 0 Å². The van der Waals surface area contributed by atoms with E-state index < -0.39 is 0 Å². The molecule has 2 aliphatic carbocycles. The highest BCUT2D eigenvalue weighted by Crippen LogP contribution is 2.63. The minimum absolute atomic E-state index is 0.651. The fourth-order valence-corrected chi connectivity index (χ4v) is 2.44. The predicted molar refractivity (Wildman–Crippen MR) is 43.8 cm³/mol. The van der Waals surface area contributed by atoms with E-state index in [2.05, 4.69) is 26.8 Å². The first-order valence-corrected chi connectivity index (χ1v) is 4.29. The summed E-state index contributed by atoms with van der Waals surface area (Å²) in [5, 5.41) is 0. The van der Waals surface area contributed by atoms with E-state index in [-0.39, 0.29) is 0 Å². The zero-order valence-corrected chi connectivity index (χ0v) is 7.15. The molecular formula is C10H16. The van der Waals surface area contributed by atoms with E-state index in [1.165, 1.54) is 12.8 Å². The van der Waals surface area contributed by atoms with Crippen molar-refractivity contribution >= 4 is 0 Å². The summed E-state index contributed by atoms with van der Waals surface area (Å²) in [4.78, 5) is 0. The molecule has 0 radical (unpaired) electrons. The van der Waals surface area contributed by atoms with Crippen LogP contribution in [0.5, 0.6) is 0 Å². The minimum atomic E-state index is 0.651. The minimum Gasteiger partial charge on any atom is -0.0817 e. The highest BCUT2D eigenvalue weighted by Gasteiger charge is 2.56. The number of rotatable bonds is 0. The van der Waals surface area contributed by atoms with E-state index in [9.17, 15) is 0 Å². The number of hydrogen-bond donors (Lipinski definition) is 0. The Kier molecular flexibility index (Phi) is 1.07. The highest BCUT2D eigenvalue weighted by atomic mass is 14.6. The van der Waals surface area contributed by atoms with Crippen LogP contribution in [0.4, 0.5) is 0 Å². The molecule has 10 heavy (non-hydrogen) atoms. The van der Waals surface area contributed by atoms with E-state index in [0.29, 0.717) is 5.41 Å². The lowest BCUT2D eigenvalue weighted by atomic mass is 10.0. The van der Waals surface area contributed by atoms with Crippen molar-refractivity contribution in [2.75, 3.05) is 0 Å². The average Bonchev–Trinajstić information content (AvgIpc) is 2.36. The van der Waals surface area contributed by atoms with Crippen LogP contribution in [0.2, 0.25) is 0 Å². The molecule has 2 aliphatic rings. The predicted octanol–water partition coefficient (Wildman–Crippen LogP) is 3.00. The summed E-state index contributed by atoms with van der Waals surface area (Å²) in [5.41, 5.74) is 2.27. The fourth-order valence-electron chi connectivity index (χ4n) is 2.44. The first kappa shape index (κ1) is 6.45. The maximum Gasteiger partial charge on any atom is -0.0143 e. The second-order valence-electron chi connectivity index (χ2n) is 4.51. The van der Waals surface area contributed by atoms with E-state index in [4.69, 9.17) is 0 Å². The second kappa shape index (κ2) is 1.66. The molecule has 0 heteroatoms. The molecule has 0 aliphatic heterocycles. The van der Waals surface area contributed by atoms with Crippen LogP contribution >= 0.6 is 0 Å². The molecule has 0 bridgehead atoms. The van der Waals surface area contributed by atoms with Gasteiger partial charge in [0.25, 0.3) is 0 Å². The van der Waals surface area contributed by atoms with Crippen LogP contribution in [0.15, 0.2) is 11.6 Å². The van der Waals surface area contributed by atoms with Gasteiger partial charge in [-0.05, 0) is 37.0 Å².